The zero-order valence-electron chi connectivity index (χ0n) is 10.4. The lowest BCUT2D eigenvalue weighted by Gasteiger charge is -2.16. The van der Waals surface area contributed by atoms with E-state index >= 15 is 0 Å². The van der Waals surface area contributed by atoms with E-state index in [1.54, 1.807) is 43.3 Å². The third-order valence-electron chi connectivity index (χ3n) is 2.76. The van der Waals surface area contributed by atoms with E-state index in [0.29, 0.717) is 17.7 Å². The molecular weight excluding hydrogens is 230 g/mol. The van der Waals surface area contributed by atoms with E-state index in [0.717, 1.165) is 5.76 Å². The van der Waals surface area contributed by atoms with Crippen molar-refractivity contribution < 1.29 is 14.3 Å². The van der Waals surface area contributed by atoms with E-state index in [2.05, 4.69) is 0 Å². The van der Waals surface area contributed by atoms with Gasteiger partial charge in [-0.1, -0.05) is 0 Å². The average Bonchev–Trinajstić information content (AvgIpc) is 2.84. The smallest absolute Gasteiger partial charge is 0.254 e. The first-order chi connectivity index (χ1) is 8.58. The van der Waals surface area contributed by atoms with Crippen LogP contribution >= 0.6 is 0 Å². The average molecular weight is 245 g/mol. The second-order valence-corrected chi connectivity index (χ2v) is 4.24. The number of hydrogen-bond donors (Lipinski definition) is 1. The summed E-state index contributed by atoms with van der Waals surface area (Å²) in [6.07, 6.45) is 1.58. The number of carbonyl (C=O) groups excluding carboxylic acids is 1. The van der Waals surface area contributed by atoms with E-state index in [9.17, 15) is 9.90 Å². The number of furan rings is 1. The van der Waals surface area contributed by atoms with E-state index in [-0.39, 0.29) is 11.7 Å². The fourth-order valence-electron chi connectivity index (χ4n) is 1.72. The molecule has 0 aliphatic carbocycles. The van der Waals surface area contributed by atoms with Gasteiger partial charge in [-0.15, -0.1) is 0 Å². The topological polar surface area (TPSA) is 53.7 Å². The maximum Gasteiger partial charge on any atom is 0.254 e. The Morgan fingerprint density at radius 3 is 2.78 bits per heavy atom. The maximum atomic E-state index is 12.1. The highest BCUT2D eigenvalue weighted by Gasteiger charge is 2.13. The molecule has 0 atom stereocenters. The first-order valence-electron chi connectivity index (χ1n) is 5.65. The third kappa shape index (κ3) is 2.53. The van der Waals surface area contributed by atoms with E-state index < -0.39 is 0 Å². The van der Waals surface area contributed by atoms with E-state index in [4.69, 9.17) is 4.42 Å². The highest BCUT2D eigenvalue weighted by Crippen LogP contribution is 2.18. The van der Waals surface area contributed by atoms with Crippen molar-refractivity contribution in [3.05, 3.63) is 53.5 Å². The van der Waals surface area contributed by atoms with Gasteiger partial charge in [-0.3, -0.25) is 4.79 Å². The normalized spacial score (nSPS) is 10.3. The molecule has 18 heavy (non-hydrogen) atoms. The van der Waals surface area contributed by atoms with Gasteiger partial charge in [0.1, 0.15) is 11.5 Å². The van der Waals surface area contributed by atoms with Gasteiger partial charge in [0.15, 0.2) is 0 Å². The predicted octanol–water partition coefficient (Wildman–Crippen LogP) is 2.57. The molecule has 0 bridgehead atoms. The molecule has 1 amide bonds. The largest absolute Gasteiger partial charge is 0.508 e. The summed E-state index contributed by atoms with van der Waals surface area (Å²) in [5.74, 6) is 0.830. The molecule has 0 aliphatic heterocycles. The predicted molar refractivity (Wildman–Crippen MR) is 67.3 cm³/mol. The van der Waals surface area contributed by atoms with E-state index in [1.165, 1.54) is 6.07 Å². The number of rotatable bonds is 3. The summed E-state index contributed by atoms with van der Waals surface area (Å²) in [6.45, 7) is 2.18. The summed E-state index contributed by atoms with van der Waals surface area (Å²) >= 11 is 0. The summed E-state index contributed by atoms with van der Waals surface area (Å²) in [5.41, 5.74) is 1.24. The van der Waals surface area contributed by atoms with Crippen molar-refractivity contribution in [2.45, 2.75) is 13.5 Å². The quantitative estimate of drug-likeness (QED) is 0.904. The first kappa shape index (κ1) is 12.2. The Morgan fingerprint density at radius 1 is 1.39 bits per heavy atom. The van der Waals surface area contributed by atoms with Crippen molar-refractivity contribution in [3.63, 3.8) is 0 Å². The molecule has 0 aliphatic rings. The second kappa shape index (κ2) is 4.96. The van der Waals surface area contributed by atoms with Gasteiger partial charge in [-0.2, -0.15) is 0 Å². The fourth-order valence-corrected chi connectivity index (χ4v) is 1.72. The molecule has 2 aromatic rings. The van der Waals surface area contributed by atoms with Crippen molar-refractivity contribution in [1.82, 2.24) is 4.90 Å². The van der Waals surface area contributed by atoms with Crippen LogP contribution in [0.1, 0.15) is 21.7 Å². The van der Waals surface area contributed by atoms with Gasteiger partial charge in [0.05, 0.1) is 12.8 Å². The SMILES string of the molecule is Cc1cc(C(=O)N(C)Cc2ccco2)ccc1O. The van der Waals surface area contributed by atoms with Gasteiger partial charge in [0.2, 0.25) is 0 Å². The Labute approximate surface area is 105 Å². The minimum absolute atomic E-state index is 0.102. The molecule has 94 valence electrons. The molecule has 4 nitrogen and oxygen atoms in total. The maximum absolute atomic E-state index is 12.1. The minimum atomic E-state index is -0.102. The standard InChI is InChI=1S/C14H15NO3/c1-10-8-11(5-6-13(10)16)14(17)15(2)9-12-4-3-7-18-12/h3-8,16H,9H2,1-2H3. The molecule has 0 radical (unpaired) electrons. The van der Waals surface area contributed by atoms with Gasteiger partial charge < -0.3 is 14.4 Å². The molecule has 1 heterocycles. The van der Waals surface area contributed by atoms with Gasteiger partial charge in [0, 0.05) is 12.6 Å². The van der Waals surface area contributed by atoms with Gasteiger partial charge in [-0.05, 0) is 42.8 Å². The van der Waals surface area contributed by atoms with Crippen molar-refractivity contribution in [3.8, 4) is 5.75 Å². The Morgan fingerprint density at radius 2 is 2.17 bits per heavy atom. The van der Waals surface area contributed by atoms with Crippen LogP contribution in [0, 0.1) is 6.92 Å². The van der Waals surface area contributed by atoms with Crippen LogP contribution in [0.25, 0.3) is 0 Å². The number of carbonyl (C=O) groups is 1. The molecule has 0 fully saturated rings. The monoisotopic (exact) mass is 245 g/mol. The third-order valence-corrected chi connectivity index (χ3v) is 2.76. The van der Waals surface area contributed by atoms with Crippen LogP contribution in [-0.4, -0.2) is 23.0 Å². The lowest BCUT2D eigenvalue weighted by molar-refractivity contribution is 0.0775. The van der Waals surface area contributed by atoms with Gasteiger partial charge in [0.25, 0.3) is 5.91 Å². The van der Waals surface area contributed by atoms with E-state index in [1.807, 2.05) is 6.07 Å². The molecule has 1 aromatic heterocycles. The molecule has 0 saturated heterocycles. The molecule has 2 rings (SSSR count). The van der Waals surface area contributed by atoms with Crippen LogP contribution in [-0.2, 0) is 6.54 Å². The Kier molecular flexibility index (Phi) is 3.37. The molecule has 0 unspecified atom stereocenters. The van der Waals surface area contributed by atoms with Crippen LogP contribution in [0.4, 0.5) is 0 Å². The molecule has 1 N–H and O–H groups in total. The fraction of sp³-hybridized carbons (Fsp3) is 0.214. The Hall–Kier alpha value is -2.23. The summed E-state index contributed by atoms with van der Waals surface area (Å²) in [4.78, 5) is 13.7. The van der Waals surface area contributed by atoms with Crippen molar-refractivity contribution >= 4 is 5.91 Å². The first-order valence-corrected chi connectivity index (χ1v) is 5.65. The van der Waals surface area contributed by atoms with Gasteiger partial charge >= 0.3 is 0 Å². The molecule has 1 aromatic carbocycles. The van der Waals surface area contributed by atoms with Gasteiger partial charge in [-0.25, -0.2) is 0 Å². The lowest BCUT2D eigenvalue weighted by Crippen LogP contribution is -2.26. The number of benzene rings is 1. The number of hydrogen-bond acceptors (Lipinski definition) is 3. The summed E-state index contributed by atoms with van der Waals surface area (Å²) in [7, 11) is 1.72. The Bertz CT molecular complexity index is 546. The molecule has 0 spiro atoms. The van der Waals surface area contributed by atoms with Crippen molar-refractivity contribution in [2.24, 2.45) is 0 Å². The summed E-state index contributed by atoms with van der Waals surface area (Å²) in [6, 6.07) is 8.44. The molecular formula is C14H15NO3. The summed E-state index contributed by atoms with van der Waals surface area (Å²) in [5, 5.41) is 9.43. The van der Waals surface area contributed by atoms with Crippen molar-refractivity contribution in [1.29, 1.82) is 0 Å². The highest BCUT2D eigenvalue weighted by molar-refractivity contribution is 5.94. The number of aryl methyl sites for hydroxylation is 1. The number of amides is 1. The molecule has 0 saturated carbocycles. The number of phenolic OH excluding ortho intramolecular Hbond substituents is 1. The minimum Gasteiger partial charge on any atom is -0.508 e. The molecule has 4 heteroatoms. The van der Waals surface area contributed by atoms with Crippen LogP contribution in [0.3, 0.4) is 0 Å². The number of nitrogens with zero attached hydrogens (tertiary/aromatic N) is 1. The van der Waals surface area contributed by atoms with Crippen LogP contribution in [0.5, 0.6) is 5.75 Å². The Balaban J connectivity index is 2.12. The number of phenols is 1. The van der Waals surface area contributed by atoms with Crippen LogP contribution in [0.15, 0.2) is 41.0 Å². The van der Waals surface area contributed by atoms with Crippen LogP contribution < -0.4 is 0 Å². The number of aromatic hydroxyl groups is 1. The zero-order valence-corrected chi connectivity index (χ0v) is 10.4. The zero-order chi connectivity index (χ0) is 13.1. The van der Waals surface area contributed by atoms with Crippen molar-refractivity contribution in [2.75, 3.05) is 7.05 Å². The van der Waals surface area contributed by atoms with Crippen LogP contribution in [0.2, 0.25) is 0 Å². The highest BCUT2D eigenvalue weighted by atomic mass is 16.3. The summed E-state index contributed by atoms with van der Waals surface area (Å²) < 4.78 is 5.20. The lowest BCUT2D eigenvalue weighted by atomic mass is 10.1. The second-order valence-electron chi connectivity index (χ2n) is 4.24.